The molecular formula is C12H14N2O3S. The van der Waals surface area contributed by atoms with Gasteiger partial charge in [0.25, 0.3) is 5.91 Å². The zero-order valence-electron chi connectivity index (χ0n) is 9.63. The molecule has 1 fully saturated rings. The number of para-hydroxylation sites is 1. The molecule has 2 atom stereocenters. The highest BCUT2D eigenvalue weighted by Gasteiger charge is 2.39. The lowest BCUT2D eigenvalue weighted by molar-refractivity contribution is -0.136. The zero-order chi connectivity index (χ0) is 13.0. The van der Waals surface area contributed by atoms with Crippen LogP contribution in [0.3, 0.4) is 0 Å². The number of ether oxygens (including phenoxy) is 1. The van der Waals surface area contributed by atoms with Crippen molar-refractivity contribution < 1.29 is 14.3 Å². The first-order valence-electron chi connectivity index (χ1n) is 5.59. The van der Waals surface area contributed by atoms with E-state index < -0.39 is 6.04 Å². The fraction of sp³-hybridized carbons (Fsp3) is 0.333. The number of thiol groups is 1. The van der Waals surface area contributed by atoms with E-state index in [1.165, 1.54) is 0 Å². The minimum absolute atomic E-state index is 0.0958. The van der Waals surface area contributed by atoms with Gasteiger partial charge in [0.05, 0.1) is 6.04 Å². The Morgan fingerprint density at radius 1 is 1.39 bits per heavy atom. The maximum atomic E-state index is 11.6. The van der Waals surface area contributed by atoms with E-state index in [1.54, 1.807) is 12.1 Å². The van der Waals surface area contributed by atoms with E-state index in [-0.39, 0.29) is 24.5 Å². The third-order valence-corrected chi connectivity index (χ3v) is 3.03. The van der Waals surface area contributed by atoms with Crippen LogP contribution in [0.5, 0.6) is 5.75 Å². The molecule has 1 aromatic carbocycles. The van der Waals surface area contributed by atoms with Crippen LogP contribution < -0.4 is 15.4 Å². The summed E-state index contributed by atoms with van der Waals surface area (Å²) in [5.74, 6) is 0.625. The average molecular weight is 266 g/mol. The van der Waals surface area contributed by atoms with E-state index in [1.807, 2.05) is 18.2 Å². The lowest BCUT2D eigenvalue weighted by Crippen LogP contribution is -2.70. The number of β-lactam (4-membered cyclic amide) rings is 1. The van der Waals surface area contributed by atoms with Crippen molar-refractivity contribution in [1.29, 1.82) is 0 Å². The molecule has 0 unspecified atom stereocenters. The fourth-order valence-corrected chi connectivity index (χ4v) is 1.94. The standard InChI is InChI=1S/C12H14N2O3S/c15-10(6-17-8-4-2-1-3-5-8)14-11-9(7-18)13-12(11)16/h1-5,9,11,18H,6-7H2,(H,13,16)(H,14,15)/t9-,11+/m0/s1. The summed E-state index contributed by atoms with van der Waals surface area (Å²) in [4.78, 5) is 22.8. The Hall–Kier alpha value is -1.69. The second-order valence-corrected chi connectivity index (χ2v) is 4.31. The minimum atomic E-state index is -0.491. The predicted molar refractivity (Wildman–Crippen MR) is 69.7 cm³/mol. The number of carbonyl (C=O) groups excluding carboxylic acids is 2. The molecule has 1 aliphatic heterocycles. The Kier molecular flexibility index (Phi) is 4.09. The van der Waals surface area contributed by atoms with Gasteiger partial charge < -0.3 is 15.4 Å². The average Bonchev–Trinajstić information content (AvgIpc) is 2.41. The third-order valence-electron chi connectivity index (χ3n) is 2.64. The number of hydrogen-bond acceptors (Lipinski definition) is 4. The third kappa shape index (κ3) is 2.95. The number of hydrogen-bond donors (Lipinski definition) is 3. The molecule has 1 saturated heterocycles. The van der Waals surface area contributed by atoms with Gasteiger partial charge in [0.15, 0.2) is 6.61 Å². The first kappa shape index (κ1) is 12.8. The number of rotatable bonds is 5. The van der Waals surface area contributed by atoms with Gasteiger partial charge in [-0.15, -0.1) is 0 Å². The Balaban J connectivity index is 1.77. The van der Waals surface area contributed by atoms with Crippen LogP contribution >= 0.6 is 12.6 Å². The van der Waals surface area contributed by atoms with Gasteiger partial charge in [-0.25, -0.2) is 0 Å². The molecule has 96 valence electrons. The highest BCUT2D eigenvalue weighted by Crippen LogP contribution is 2.09. The van der Waals surface area contributed by atoms with Crippen LogP contribution in [0.1, 0.15) is 0 Å². The van der Waals surface area contributed by atoms with Crippen molar-refractivity contribution in [3.63, 3.8) is 0 Å². The number of amides is 2. The van der Waals surface area contributed by atoms with Gasteiger partial charge in [-0.1, -0.05) is 18.2 Å². The molecule has 1 heterocycles. The second kappa shape index (κ2) is 5.77. The maximum absolute atomic E-state index is 11.6. The summed E-state index contributed by atoms with van der Waals surface area (Å²) in [7, 11) is 0. The van der Waals surface area contributed by atoms with Gasteiger partial charge in [0.2, 0.25) is 5.91 Å². The van der Waals surface area contributed by atoms with E-state index in [2.05, 4.69) is 23.3 Å². The second-order valence-electron chi connectivity index (χ2n) is 3.94. The number of benzene rings is 1. The van der Waals surface area contributed by atoms with Crippen LogP contribution in [0, 0.1) is 0 Å². The van der Waals surface area contributed by atoms with Crippen molar-refractivity contribution in [3.05, 3.63) is 30.3 Å². The normalized spacial score (nSPS) is 21.7. The van der Waals surface area contributed by atoms with Gasteiger partial charge in [-0.3, -0.25) is 9.59 Å². The molecule has 0 aliphatic carbocycles. The predicted octanol–water partition coefficient (Wildman–Crippen LogP) is -0.0216. The maximum Gasteiger partial charge on any atom is 0.258 e. The van der Waals surface area contributed by atoms with Crippen molar-refractivity contribution in [1.82, 2.24) is 10.6 Å². The van der Waals surface area contributed by atoms with Crippen molar-refractivity contribution in [2.45, 2.75) is 12.1 Å². The molecule has 18 heavy (non-hydrogen) atoms. The molecule has 1 aliphatic rings. The lowest BCUT2D eigenvalue weighted by Gasteiger charge is -2.36. The van der Waals surface area contributed by atoms with E-state index in [4.69, 9.17) is 4.74 Å². The summed E-state index contributed by atoms with van der Waals surface area (Å²) in [6, 6.07) is 8.45. The van der Waals surface area contributed by atoms with Crippen LogP contribution in [0.4, 0.5) is 0 Å². The van der Waals surface area contributed by atoms with Crippen molar-refractivity contribution in [2.75, 3.05) is 12.4 Å². The molecule has 0 aromatic heterocycles. The zero-order valence-corrected chi connectivity index (χ0v) is 10.5. The monoisotopic (exact) mass is 266 g/mol. The molecule has 0 spiro atoms. The Morgan fingerprint density at radius 3 is 2.72 bits per heavy atom. The topological polar surface area (TPSA) is 67.4 Å². The Morgan fingerprint density at radius 2 is 2.11 bits per heavy atom. The SMILES string of the molecule is O=C(COc1ccccc1)N[C@H]1C(=O)N[C@H]1CS. The molecule has 0 bridgehead atoms. The number of nitrogens with one attached hydrogen (secondary N) is 2. The van der Waals surface area contributed by atoms with Gasteiger partial charge in [-0.05, 0) is 12.1 Å². The number of carbonyl (C=O) groups is 2. The van der Waals surface area contributed by atoms with Gasteiger partial charge >= 0.3 is 0 Å². The summed E-state index contributed by atoms with van der Waals surface area (Å²) in [5, 5.41) is 5.26. The summed E-state index contributed by atoms with van der Waals surface area (Å²) < 4.78 is 5.28. The van der Waals surface area contributed by atoms with Gasteiger partial charge in [0.1, 0.15) is 11.8 Å². The molecule has 2 rings (SSSR count). The summed E-state index contributed by atoms with van der Waals surface area (Å²) >= 11 is 4.08. The van der Waals surface area contributed by atoms with Crippen molar-refractivity contribution in [2.24, 2.45) is 0 Å². The molecule has 5 nitrogen and oxygen atoms in total. The molecule has 6 heteroatoms. The van der Waals surface area contributed by atoms with Crippen molar-refractivity contribution >= 4 is 24.4 Å². The van der Waals surface area contributed by atoms with Gasteiger partial charge in [-0.2, -0.15) is 12.6 Å². The smallest absolute Gasteiger partial charge is 0.258 e. The summed E-state index contributed by atoms with van der Waals surface area (Å²) in [6.45, 7) is -0.104. The molecule has 0 saturated carbocycles. The lowest BCUT2D eigenvalue weighted by atomic mass is 10.0. The van der Waals surface area contributed by atoms with Crippen LogP contribution in [0.2, 0.25) is 0 Å². The van der Waals surface area contributed by atoms with Crippen LogP contribution in [0.15, 0.2) is 30.3 Å². The molecule has 0 radical (unpaired) electrons. The highest BCUT2D eigenvalue weighted by molar-refractivity contribution is 7.80. The highest BCUT2D eigenvalue weighted by atomic mass is 32.1. The Labute approximate surface area is 110 Å². The van der Waals surface area contributed by atoms with Crippen molar-refractivity contribution in [3.8, 4) is 5.75 Å². The van der Waals surface area contributed by atoms with Crippen LogP contribution in [0.25, 0.3) is 0 Å². The van der Waals surface area contributed by atoms with E-state index >= 15 is 0 Å². The fourth-order valence-electron chi connectivity index (χ4n) is 1.64. The Bertz CT molecular complexity index is 438. The summed E-state index contributed by atoms with van der Waals surface area (Å²) in [6.07, 6.45) is 0. The molecule has 2 amide bonds. The quantitative estimate of drug-likeness (QED) is 0.518. The minimum Gasteiger partial charge on any atom is -0.484 e. The summed E-state index contributed by atoms with van der Waals surface area (Å²) in [5.41, 5.74) is 0. The first-order chi connectivity index (χ1) is 8.70. The molecular weight excluding hydrogens is 252 g/mol. The van der Waals surface area contributed by atoms with Gasteiger partial charge in [0, 0.05) is 5.75 Å². The molecule has 1 aromatic rings. The van der Waals surface area contributed by atoms with E-state index in [9.17, 15) is 9.59 Å². The van der Waals surface area contributed by atoms with Crippen LogP contribution in [-0.2, 0) is 9.59 Å². The van der Waals surface area contributed by atoms with E-state index in [0.717, 1.165) is 0 Å². The largest absolute Gasteiger partial charge is 0.484 e. The first-order valence-corrected chi connectivity index (χ1v) is 6.22. The van der Waals surface area contributed by atoms with Crippen LogP contribution in [-0.4, -0.2) is 36.3 Å². The van der Waals surface area contributed by atoms with E-state index in [0.29, 0.717) is 11.5 Å². The molecule has 2 N–H and O–H groups in total.